The minimum atomic E-state index is -3.78. The number of sulfonamides is 1. The normalized spacial score (nSPS) is 14.3. The van der Waals surface area contributed by atoms with Gasteiger partial charge in [0, 0.05) is 31.3 Å². The van der Waals surface area contributed by atoms with E-state index in [0.717, 1.165) is 19.3 Å². The van der Waals surface area contributed by atoms with Crippen LogP contribution in [0.5, 0.6) is 5.75 Å². The van der Waals surface area contributed by atoms with Gasteiger partial charge in [-0.3, -0.25) is 19.4 Å². The highest BCUT2D eigenvalue weighted by Gasteiger charge is 2.18. The molecule has 0 aromatic heterocycles. The largest absolute Gasteiger partial charge is 0.492 e. The van der Waals surface area contributed by atoms with Crippen molar-refractivity contribution < 1.29 is 22.3 Å². The van der Waals surface area contributed by atoms with Crippen LogP contribution < -0.4 is 14.8 Å². The lowest BCUT2D eigenvalue weighted by Crippen LogP contribution is -2.33. The second kappa shape index (κ2) is 11.8. The van der Waals surface area contributed by atoms with E-state index >= 15 is 0 Å². The van der Waals surface area contributed by atoms with Crippen LogP contribution >= 0.6 is 0 Å². The summed E-state index contributed by atoms with van der Waals surface area (Å²) >= 11 is 0. The molecule has 1 heterocycles. The number of ether oxygens (including phenoxy) is 1. The molecule has 1 aliphatic heterocycles. The lowest BCUT2D eigenvalue weighted by molar-refractivity contribution is -0.117. The third kappa shape index (κ3) is 8.14. The SMILES string of the molecule is CN(CCOc1cccc(F)c1)CC(=O)Nc1cccc(S(=O)(=O)NC2=NCCCCC2)c1. The summed E-state index contributed by atoms with van der Waals surface area (Å²) in [6, 6.07) is 12.0. The second-order valence-corrected chi connectivity index (χ2v) is 9.55. The third-order valence-corrected chi connectivity index (χ3v) is 6.38. The van der Waals surface area contributed by atoms with Gasteiger partial charge in [-0.25, -0.2) is 12.8 Å². The van der Waals surface area contributed by atoms with Crippen molar-refractivity contribution in [1.82, 2.24) is 9.62 Å². The maximum atomic E-state index is 13.2. The lowest BCUT2D eigenvalue weighted by atomic mass is 10.2. The van der Waals surface area contributed by atoms with Gasteiger partial charge in [0.05, 0.1) is 11.4 Å². The lowest BCUT2D eigenvalue weighted by Gasteiger charge is -2.17. The maximum Gasteiger partial charge on any atom is 0.262 e. The minimum Gasteiger partial charge on any atom is -0.492 e. The molecule has 1 amide bonds. The van der Waals surface area contributed by atoms with E-state index in [0.29, 0.717) is 36.8 Å². The zero-order chi connectivity index (χ0) is 23.7. The van der Waals surface area contributed by atoms with Crippen LogP contribution in [0.25, 0.3) is 0 Å². The van der Waals surface area contributed by atoms with Crippen LogP contribution in [-0.2, 0) is 14.8 Å². The van der Waals surface area contributed by atoms with Gasteiger partial charge in [-0.15, -0.1) is 0 Å². The number of hydrogen-bond donors (Lipinski definition) is 2. The molecule has 2 aromatic carbocycles. The number of carbonyl (C=O) groups excluding carboxylic acids is 1. The van der Waals surface area contributed by atoms with Gasteiger partial charge in [-0.2, -0.15) is 0 Å². The van der Waals surface area contributed by atoms with E-state index in [2.05, 4.69) is 15.0 Å². The predicted molar refractivity (Wildman–Crippen MR) is 126 cm³/mol. The molecule has 2 N–H and O–H groups in total. The molecule has 33 heavy (non-hydrogen) atoms. The molecule has 0 fully saturated rings. The predicted octanol–water partition coefficient (Wildman–Crippen LogP) is 3.03. The fraction of sp³-hybridized carbons (Fsp3) is 0.391. The van der Waals surface area contributed by atoms with Gasteiger partial charge in [0.2, 0.25) is 5.91 Å². The number of anilines is 1. The summed E-state index contributed by atoms with van der Waals surface area (Å²) in [5.74, 6) is 0.235. The maximum absolute atomic E-state index is 13.2. The van der Waals surface area contributed by atoms with E-state index in [1.165, 1.54) is 24.3 Å². The molecule has 1 aliphatic rings. The van der Waals surface area contributed by atoms with Gasteiger partial charge >= 0.3 is 0 Å². The molecule has 0 bridgehead atoms. The van der Waals surface area contributed by atoms with E-state index in [-0.39, 0.29) is 29.8 Å². The van der Waals surface area contributed by atoms with Gasteiger partial charge < -0.3 is 10.1 Å². The van der Waals surface area contributed by atoms with Crippen molar-refractivity contribution in [3.8, 4) is 5.75 Å². The Labute approximate surface area is 193 Å². The highest BCUT2D eigenvalue weighted by atomic mass is 32.2. The Morgan fingerprint density at radius 3 is 2.79 bits per heavy atom. The first kappa shape index (κ1) is 24.7. The van der Waals surface area contributed by atoms with Crippen LogP contribution in [-0.4, -0.2) is 58.3 Å². The van der Waals surface area contributed by atoms with Crippen molar-refractivity contribution in [2.45, 2.75) is 30.6 Å². The molecule has 8 nitrogen and oxygen atoms in total. The van der Waals surface area contributed by atoms with Crippen LogP contribution in [0.2, 0.25) is 0 Å². The molecular formula is C23H29FN4O4S. The number of aliphatic imine (C=N–C) groups is 1. The monoisotopic (exact) mass is 476 g/mol. The average Bonchev–Trinajstić information content (AvgIpc) is 3.02. The van der Waals surface area contributed by atoms with Crippen molar-refractivity contribution >= 4 is 27.5 Å². The van der Waals surface area contributed by atoms with Crippen molar-refractivity contribution in [2.75, 3.05) is 38.6 Å². The number of amides is 1. The Morgan fingerprint density at radius 2 is 1.97 bits per heavy atom. The van der Waals surface area contributed by atoms with Crippen LogP contribution in [0.15, 0.2) is 58.4 Å². The third-order valence-electron chi connectivity index (χ3n) is 5.01. The fourth-order valence-corrected chi connectivity index (χ4v) is 4.45. The Kier molecular flexibility index (Phi) is 8.79. The van der Waals surface area contributed by atoms with Gasteiger partial charge in [0.25, 0.3) is 10.0 Å². The van der Waals surface area contributed by atoms with Crippen molar-refractivity contribution in [3.05, 3.63) is 54.3 Å². The van der Waals surface area contributed by atoms with Gasteiger partial charge in [-0.05, 0) is 50.2 Å². The molecule has 2 aromatic rings. The molecule has 0 radical (unpaired) electrons. The van der Waals surface area contributed by atoms with Crippen molar-refractivity contribution in [2.24, 2.45) is 4.99 Å². The Bertz CT molecular complexity index is 1090. The topological polar surface area (TPSA) is 100 Å². The molecule has 0 aliphatic carbocycles. The average molecular weight is 477 g/mol. The zero-order valence-electron chi connectivity index (χ0n) is 18.6. The molecule has 3 rings (SSSR count). The Hall–Kier alpha value is -2.98. The zero-order valence-corrected chi connectivity index (χ0v) is 19.4. The van der Waals surface area contributed by atoms with Crippen LogP contribution in [0, 0.1) is 5.82 Å². The van der Waals surface area contributed by atoms with Crippen molar-refractivity contribution in [3.63, 3.8) is 0 Å². The number of nitrogens with zero attached hydrogens (tertiary/aromatic N) is 2. The summed E-state index contributed by atoms with van der Waals surface area (Å²) < 4.78 is 46.7. The van der Waals surface area contributed by atoms with Gasteiger partial charge in [-0.1, -0.05) is 18.6 Å². The Morgan fingerprint density at radius 1 is 1.15 bits per heavy atom. The fourth-order valence-electron chi connectivity index (χ4n) is 3.31. The van der Waals surface area contributed by atoms with Crippen LogP contribution in [0.1, 0.15) is 25.7 Å². The highest BCUT2D eigenvalue weighted by molar-refractivity contribution is 7.90. The number of carbonyl (C=O) groups is 1. The number of hydrogen-bond acceptors (Lipinski definition) is 6. The quantitative estimate of drug-likeness (QED) is 0.580. The van der Waals surface area contributed by atoms with E-state index in [1.54, 1.807) is 36.2 Å². The molecule has 0 spiro atoms. The molecule has 0 unspecified atom stereocenters. The minimum absolute atomic E-state index is 0.0593. The van der Waals surface area contributed by atoms with E-state index in [1.807, 2.05) is 0 Å². The number of benzene rings is 2. The Balaban J connectivity index is 1.50. The summed E-state index contributed by atoms with van der Waals surface area (Å²) in [5.41, 5.74) is 0.384. The standard InChI is InChI=1S/C23H29FN4O4S/c1-28(13-14-32-20-9-5-7-18(24)15-20)17-23(29)26-19-8-6-10-21(16-19)33(30,31)27-22-11-3-2-4-12-25-22/h5-10,15-16H,2-4,11-14,17H2,1H3,(H,25,27)(H,26,29). The summed E-state index contributed by atoms with van der Waals surface area (Å²) in [5, 5.41) is 2.72. The highest BCUT2D eigenvalue weighted by Crippen LogP contribution is 2.17. The number of amidine groups is 1. The molecule has 0 saturated heterocycles. The summed E-state index contributed by atoms with van der Waals surface area (Å²) in [6.45, 7) is 1.44. The molecule has 0 saturated carbocycles. The first-order valence-electron chi connectivity index (χ1n) is 10.8. The summed E-state index contributed by atoms with van der Waals surface area (Å²) in [4.78, 5) is 18.5. The van der Waals surface area contributed by atoms with Gasteiger partial charge in [0.15, 0.2) is 0 Å². The number of rotatable bonds is 9. The smallest absolute Gasteiger partial charge is 0.262 e. The first-order chi connectivity index (χ1) is 15.8. The van der Waals surface area contributed by atoms with Crippen LogP contribution in [0.4, 0.5) is 10.1 Å². The van der Waals surface area contributed by atoms with E-state index in [4.69, 9.17) is 4.74 Å². The number of likely N-dealkylation sites (N-methyl/N-ethyl adjacent to an activating group) is 1. The molecule has 178 valence electrons. The first-order valence-corrected chi connectivity index (χ1v) is 12.3. The number of halogens is 1. The summed E-state index contributed by atoms with van der Waals surface area (Å²) in [6.07, 6.45) is 3.49. The molecular weight excluding hydrogens is 447 g/mol. The van der Waals surface area contributed by atoms with E-state index < -0.39 is 10.0 Å². The van der Waals surface area contributed by atoms with Gasteiger partial charge in [0.1, 0.15) is 24.0 Å². The summed E-state index contributed by atoms with van der Waals surface area (Å²) in [7, 11) is -2.03. The second-order valence-electron chi connectivity index (χ2n) is 7.86. The molecule has 0 atom stereocenters. The van der Waals surface area contributed by atoms with Crippen molar-refractivity contribution in [1.29, 1.82) is 0 Å². The van der Waals surface area contributed by atoms with Crippen LogP contribution in [0.3, 0.4) is 0 Å². The van der Waals surface area contributed by atoms with E-state index in [9.17, 15) is 17.6 Å². The molecule has 10 heteroatoms. The number of nitrogens with one attached hydrogen (secondary N) is 2.